The summed E-state index contributed by atoms with van der Waals surface area (Å²) < 4.78 is 0. The highest BCUT2D eigenvalue weighted by Crippen LogP contribution is 2.45. The summed E-state index contributed by atoms with van der Waals surface area (Å²) in [5, 5.41) is 0. The Hall–Kier alpha value is -0.260. The molecule has 2 aliphatic rings. The topological polar surface area (TPSA) is 0 Å². The van der Waals surface area contributed by atoms with E-state index in [-0.39, 0.29) is 0 Å². The minimum Gasteiger partial charge on any atom is -0.103 e. The van der Waals surface area contributed by atoms with Gasteiger partial charge in [0.15, 0.2) is 0 Å². The molecule has 0 saturated heterocycles. The van der Waals surface area contributed by atoms with Crippen LogP contribution in [0.2, 0.25) is 0 Å². The average molecular weight is 319 g/mol. The van der Waals surface area contributed by atoms with E-state index in [4.69, 9.17) is 0 Å². The van der Waals surface area contributed by atoms with Crippen molar-refractivity contribution in [1.82, 2.24) is 0 Å². The largest absolute Gasteiger partial charge is 0.103 e. The van der Waals surface area contributed by atoms with Crippen LogP contribution in [0.3, 0.4) is 0 Å². The molecule has 3 atom stereocenters. The van der Waals surface area contributed by atoms with Crippen LogP contribution >= 0.6 is 0 Å². The minimum absolute atomic E-state index is 0.820. The average Bonchev–Trinajstić information content (AvgIpc) is 2.60. The van der Waals surface area contributed by atoms with Gasteiger partial charge in [-0.15, -0.1) is 6.58 Å². The summed E-state index contributed by atoms with van der Waals surface area (Å²) in [6.45, 7) is 16.3. The Kier molecular flexibility index (Phi) is 7.23. The molecule has 0 aliphatic heterocycles. The first-order valence-electron chi connectivity index (χ1n) is 10.6. The Bertz CT molecular complexity index is 339. The van der Waals surface area contributed by atoms with Crippen LogP contribution in [0.5, 0.6) is 0 Å². The lowest BCUT2D eigenvalue weighted by Gasteiger charge is -2.41. The molecule has 0 N–H and O–H groups in total. The van der Waals surface area contributed by atoms with E-state index in [0.29, 0.717) is 0 Å². The van der Waals surface area contributed by atoms with Gasteiger partial charge in [-0.2, -0.15) is 0 Å². The third-order valence-electron chi connectivity index (χ3n) is 8.09. The molecule has 0 heterocycles. The molecule has 0 spiro atoms. The first-order chi connectivity index (χ1) is 10.9. The minimum atomic E-state index is 0.820. The first-order valence-corrected chi connectivity index (χ1v) is 10.6. The normalized spacial score (nSPS) is 36.4. The molecule has 0 radical (unpaired) electrons. The van der Waals surface area contributed by atoms with Gasteiger partial charge in [-0.05, 0) is 98.7 Å². The van der Waals surface area contributed by atoms with Gasteiger partial charge in [-0.3, -0.25) is 0 Å². The van der Waals surface area contributed by atoms with Crippen LogP contribution in [-0.2, 0) is 0 Å². The van der Waals surface area contributed by atoms with Gasteiger partial charge >= 0.3 is 0 Å². The molecule has 0 heteroatoms. The summed E-state index contributed by atoms with van der Waals surface area (Å²) in [7, 11) is 0. The van der Waals surface area contributed by atoms with E-state index in [1.807, 2.05) is 0 Å². The maximum absolute atomic E-state index is 3.99. The fraction of sp³-hybridized carbons (Fsp3) is 0.913. The highest BCUT2D eigenvalue weighted by Gasteiger charge is 2.34. The zero-order valence-electron chi connectivity index (χ0n) is 16.6. The van der Waals surface area contributed by atoms with E-state index >= 15 is 0 Å². The predicted molar refractivity (Wildman–Crippen MR) is 103 cm³/mol. The van der Waals surface area contributed by atoms with Crippen LogP contribution in [0.1, 0.15) is 86.0 Å². The van der Waals surface area contributed by atoms with Gasteiger partial charge in [-0.25, -0.2) is 0 Å². The van der Waals surface area contributed by atoms with Gasteiger partial charge in [0.05, 0.1) is 0 Å². The number of hydrogen-bond acceptors (Lipinski definition) is 0. The Morgan fingerprint density at radius 3 is 1.61 bits per heavy atom. The number of rotatable bonds is 6. The van der Waals surface area contributed by atoms with Gasteiger partial charge in [0.2, 0.25) is 0 Å². The Morgan fingerprint density at radius 1 is 0.696 bits per heavy atom. The van der Waals surface area contributed by atoms with E-state index in [1.165, 1.54) is 51.4 Å². The van der Waals surface area contributed by atoms with Crippen molar-refractivity contribution in [3.8, 4) is 0 Å². The first kappa shape index (κ1) is 19.1. The zero-order chi connectivity index (χ0) is 17.0. The second-order valence-electron chi connectivity index (χ2n) is 9.41. The molecule has 3 unspecified atom stereocenters. The van der Waals surface area contributed by atoms with Crippen LogP contribution in [0.15, 0.2) is 12.7 Å². The van der Waals surface area contributed by atoms with Crippen molar-refractivity contribution in [2.75, 3.05) is 0 Å². The SMILES string of the molecule is C=CC1CCC(C2CCC(C(C)C(C)C(C)C(C)C)CC2)CC1. The number of hydrogen-bond donors (Lipinski definition) is 0. The highest BCUT2D eigenvalue weighted by atomic mass is 14.4. The Labute approximate surface area is 146 Å². The van der Waals surface area contributed by atoms with E-state index in [0.717, 1.165) is 47.3 Å². The quantitative estimate of drug-likeness (QED) is 0.449. The van der Waals surface area contributed by atoms with Crippen LogP contribution in [0.25, 0.3) is 0 Å². The van der Waals surface area contributed by atoms with Gasteiger partial charge < -0.3 is 0 Å². The summed E-state index contributed by atoms with van der Waals surface area (Å²) in [6, 6.07) is 0. The zero-order valence-corrected chi connectivity index (χ0v) is 16.6. The smallest absolute Gasteiger partial charge is 0.0236 e. The van der Waals surface area contributed by atoms with E-state index in [9.17, 15) is 0 Å². The van der Waals surface area contributed by atoms with Crippen molar-refractivity contribution in [2.45, 2.75) is 86.0 Å². The van der Waals surface area contributed by atoms with Crippen molar-refractivity contribution >= 4 is 0 Å². The highest BCUT2D eigenvalue weighted by molar-refractivity contribution is 4.88. The second-order valence-corrected chi connectivity index (χ2v) is 9.41. The molecule has 0 aromatic rings. The molecule has 0 nitrogen and oxygen atoms in total. The molecule has 134 valence electrons. The molecule has 0 aromatic carbocycles. The van der Waals surface area contributed by atoms with Crippen molar-refractivity contribution in [1.29, 1.82) is 0 Å². The molecule has 2 aliphatic carbocycles. The van der Waals surface area contributed by atoms with Crippen LogP contribution in [0, 0.1) is 47.3 Å². The molecule has 2 fully saturated rings. The summed E-state index contributed by atoms with van der Waals surface area (Å²) in [4.78, 5) is 0. The van der Waals surface area contributed by atoms with Crippen molar-refractivity contribution in [2.24, 2.45) is 47.3 Å². The predicted octanol–water partition coefficient (Wildman–Crippen LogP) is 7.35. The fourth-order valence-corrected chi connectivity index (χ4v) is 5.51. The van der Waals surface area contributed by atoms with Gasteiger partial charge in [0, 0.05) is 0 Å². The van der Waals surface area contributed by atoms with Crippen LogP contribution in [0.4, 0.5) is 0 Å². The summed E-state index contributed by atoms with van der Waals surface area (Å²) in [6.07, 6.45) is 14.0. The molecular formula is C23H42. The van der Waals surface area contributed by atoms with Gasteiger partial charge in [0.25, 0.3) is 0 Å². The molecule has 0 aromatic heterocycles. The molecule has 0 bridgehead atoms. The Morgan fingerprint density at radius 2 is 1.17 bits per heavy atom. The Balaban J connectivity index is 1.78. The van der Waals surface area contributed by atoms with Crippen LogP contribution in [-0.4, -0.2) is 0 Å². The van der Waals surface area contributed by atoms with Crippen molar-refractivity contribution < 1.29 is 0 Å². The van der Waals surface area contributed by atoms with E-state index in [2.05, 4.69) is 47.3 Å². The monoisotopic (exact) mass is 318 g/mol. The third-order valence-corrected chi connectivity index (χ3v) is 8.09. The fourth-order valence-electron chi connectivity index (χ4n) is 5.51. The lowest BCUT2D eigenvalue weighted by atomic mass is 9.65. The standard InChI is InChI=1S/C23H42/c1-7-20-8-10-22(11-9-20)23-14-12-21(13-15-23)19(6)18(5)17(4)16(2)3/h7,16-23H,1,8-15H2,2-6H3. The van der Waals surface area contributed by atoms with E-state index in [1.54, 1.807) is 0 Å². The molecular weight excluding hydrogens is 276 g/mol. The molecule has 23 heavy (non-hydrogen) atoms. The lowest BCUT2D eigenvalue weighted by molar-refractivity contribution is 0.0970. The molecule has 2 saturated carbocycles. The lowest BCUT2D eigenvalue weighted by Crippen LogP contribution is -2.31. The molecule has 2 rings (SSSR count). The van der Waals surface area contributed by atoms with Crippen LogP contribution < -0.4 is 0 Å². The second kappa shape index (κ2) is 8.72. The summed E-state index contributed by atoms with van der Waals surface area (Å²) in [5.74, 6) is 7.36. The van der Waals surface area contributed by atoms with E-state index < -0.39 is 0 Å². The van der Waals surface area contributed by atoms with Crippen molar-refractivity contribution in [3.63, 3.8) is 0 Å². The molecule has 0 amide bonds. The maximum atomic E-state index is 3.99. The van der Waals surface area contributed by atoms with Gasteiger partial charge in [-0.1, -0.05) is 40.7 Å². The summed E-state index contributed by atoms with van der Waals surface area (Å²) in [5.41, 5.74) is 0. The third kappa shape index (κ3) is 4.86. The van der Waals surface area contributed by atoms with Gasteiger partial charge in [0.1, 0.15) is 0 Å². The maximum Gasteiger partial charge on any atom is -0.0236 e. The number of allylic oxidation sites excluding steroid dienone is 1. The van der Waals surface area contributed by atoms with Crippen molar-refractivity contribution in [3.05, 3.63) is 12.7 Å². The summed E-state index contributed by atoms with van der Waals surface area (Å²) >= 11 is 0.